The number of halogens is 1. The molecular weight excluding hydrogens is 328 g/mol. The van der Waals surface area contributed by atoms with Crippen molar-refractivity contribution in [3.63, 3.8) is 0 Å². The van der Waals surface area contributed by atoms with Gasteiger partial charge in [-0.25, -0.2) is 0 Å². The third-order valence-electron chi connectivity index (χ3n) is 3.27. The average Bonchev–Trinajstić information content (AvgIpc) is 2.56. The van der Waals surface area contributed by atoms with Crippen LogP contribution in [0.4, 0.5) is 0 Å². The summed E-state index contributed by atoms with van der Waals surface area (Å²) in [4.78, 5) is 34.8. The topological polar surface area (TPSA) is 60.4 Å². The highest BCUT2D eigenvalue weighted by Gasteiger charge is 2.13. The molecule has 0 aliphatic rings. The Bertz CT molecular complexity index is 807. The first-order valence-electron chi connectivity index (χ1n) is 7.17. The third-order valence-corrected chi connectivity index (χ3v) is 3.57. The van der Waals surface area contributed by atoms with Crippen LogP contribution < -0.4 is 4.74 Å². The molecule has 0 amide bonds. The first-order valence-corrected chi connectivity index (χ1v) is 7.55. The van der Waals surface area contributed by atoms with Crippen LogP contribution in [0, 0.1) is 0 Å². The van der Waals surface area contributed by atoms with Gasteiger partial charge in [-0.15, -0.1) is 0 Å². The SMILES string of the molecule is C=CC(=O)Cc1ccc(C(=O)c2ccc(OC(C)=O)c(Cl)c2)cc1. The Morgan fingerprint density at radius 2 is 1.71 bits per heavy atom. The maximum absolute atomic E-state index is 12.5. The zero-order valence-corrected chi connectivity index (χ0v) is 13.8. The molecule has 0 fully saturated rings. The van der Waals surface area contributed by atoms with Gasteiger partial charge in [0.05, 0.1) is 5.02 Å². The summed E-state index contributed by atoms with van der Waals surface area (Å²) in [6, 6.07) is 11.2. The Balaban J connectivity index is 2.19. The molecule has 0 unspecified atom stereocenters. The van der Waals surface area contributed by atoms with E-state index < -0.39 is 5.97 Å². The maximum atomic E-state index is 12.5. The van der Waals surface area contributed by atoms with Crippen LogP contribution in [-0.4, -0.2) is 17.5 Å². The molecule has 0 aliphatic carbocycles. The lowest BCUT2D eigenvalue weighted by Gasteiger charge is -2.07. The summed E-state index contributed by atoms with van der Waals surface area (Å²) in [5.74, 6) is -0.575. The molecule has 24 heavy (non-hydrogen) atoms. The number of hydrogen-bond acceptors (Lipinski definition) is 4. The van der Waals surface area contributed by atoms with E-state index in [4.69, 9.17) is 16.3 Å². The second-order valence-electron chi connectivity index (χ2n) is 5.11. The Morgan fingerprint density at radius 1 is 1.08 bits per heavy atom. The minimum Gasteiger partial charge on any atom is -0.425 e. The van der Waals surface area contributed by atoms with Gasteiger partial charge in [0.15, 0.2) is 11.6 Å². The summed E-state index contributed by atoms with van der Waals surface area (Å²) >= 11 is 6.03. The van der Waals surface area contributed by atoms with Gasteiger partial charge >= 0.3 is 5.97 Å². The molecule has 2 rings (SSSR count). The Kier molecular flexibility index (Phi) is 5.66. The third kappa shape index (κ3) is 4.40. The summed E-state index contributed by atoms with van der Waals surface area (Å²) in [5, 5.41) is 0.184. The highest BCUT2D eigenvalue weighted by atomic mass is 35.5. The van der Waals surface area contributed by atoms with Gasteiger partial charge in [-0.1, -0.05) is 42.4 Å². The number of ketones is 2. The normalized spacial score (nSPS) is 10.1. The Labute approximate surface area is 144 Å². The van der Waals surface area contributed by atoms with Gasteiger partial charge in [0.25, 0.3) is 0 Å². The maximum Gasteiger partial charge on any atom is 0.308 e. The molecule has 0 aromatic heterocycles. The highest BCUT2D eigenvalue weighted by Crippen LogP contribution is 2.26. The van der Waals surface area contributed by atoms with Crippen LogP contribution in [-0.2, 0) is 16.0 Å². The fourth-order valence-corrected chi connectivity index (χ4v) is 2.31. The molecule has 0 heterocycles. The number of benzene rings is 2. The van der Waals surface area contributed by atoms with Crippen LogP contribution in [0.25, 0.3) is 0 Å². The molecule has 0 N–H and O–H groups in total. The van der Waals surface area contributed by atoms with E-state index in [1.807, 2.05) is 0 Å². The van der Waals surface area contributed by atoms with Gasteiger partial charge in [-0.05, 0) is 29.8 Å². The van der Waals surface area contributed by atoms with Crippen molar-refractivity contribution >= 4 is 29.1 Å². The minimum atomic E-state index is -0.486. The van der Waals surface area contributed by atoms with Crippen molar-refractivity contribution in [2.24, 2.45) is 0 Å². The van der Waals surface area contributed by atoms with E-state index in [-0.39, 0.29) is 28.8 Å². The number of carbonyl (C=O) groups is 3. The highest BCUT2D eigenvalue weighted by molar-refractivity contribution is 6.32. The van der Waals surface area contributed by atoms with Gasteiger partial charge in [0.1, 0.15) is 5.75 Å². The summed E-state index contributed by atoms with van der Waals surface area (Å²) in [5.41, 5.74) is 1.66. The largest absolute Gasteiger partial charge is 0.425 e. The molecule has 2 aromatic carbocycles. The summed E-state index contributed by atoms with van der Waals surface area (Å²) in [7, 11) is 0. The molecule has 0 bridgehead atoms. The van der Waals surface area contributed by atoms with Gasteiger partial charge in [-0.3, -0.25) is 14.4 Å². The van der Waals surface area contributed by atoms with Gasteiger partial charge in [0, 0.05) is 24.5 Å². The predicted octanol–water partition coefficient (Wildman–Crippen LogP) is 3.79. The number of rotatable bonds is 6. The van der Waals surface area contributed by atoms with Crippen molar-refractivity contribution in [1.82, 2.24) is 0 Å². The van der Waals surface area contributed by atoms with E-state index in [0.717, 1.165) is 5.56 Å². The smallest absolute Gasteiger partial charge is 0.308 e. The van der Waals surface area contributed by atoms with Crippen LogP contribution in [0.15, 0.2) is 55.1 Å². The van der Waals surface area contributed by atoms with Crippen LogP contribution in [0.2, 0.25) is 5.02 Å². The van der Waals surface area contributed by atoms with Crippen LogP contribution in [0.1, 0.15) is 28.4 Å². The van der Waals surface area contributed by atoms with E-state index in [2.05, 4.69) is 6.58 Å². The fourth-order valence-electron chi connectivity index (χ4n) is 2.09. The minimum absolute atomic E-state index is 0.0816. The molecular formula is C19H15ClO4. The molecule has 5 heteroatoms. The van der Waals surface area contributed by atoms with E-state index in [1.54, 1.807) is 30.3 Å². The number of esters is 1. The number of allylic oxidation sites excluding steroid dienone is 1. The van der Waals surface area contributed by atoms with Crippen molar-refractivity contribution in [2.45, 2.75) is 13.3 Å². The van der Waals surface area contributed by atoms with Gasteiger partial charge in [0.2, 0.25) is 0 Å². The number of hydrogen-bond donors (Lipinski definition) is 0. The van der Waals surface area contributed by atoms with E-state index >= 15 is 0 Å². The molecule has 0 saturated carbocycles. The van der Waals surface area contributed by atoms with Crippen molar-refractivity contribution in [3.05, 3.63) is 76.8 Å². The second-order valence-corrected chi connectivity index (χ2v) is 5.52. The van der Waals surface area contributed by atoms with E-state index in [0.29, 0.717) is 11.1 Å². The van der Waals surface area contributed by atoms with Gasteiger partial charge in [-0.2, -0.15) is 0 Å². The molecule has 2 aromatic rings. The van der Waals surface area contributed by atoms with Gasteiger partial charge < -0.3 is 4.74 Å². The van der Waals surface area contributed by atoms with E-state index in [1.165, 1.54) is 25.1 Å². The second kappa shape index (κ2) is 7.70. The molecule has 122 valence electrons. The first-order chi connectivity index (χ1) is 11.4. The number of ether oxygens (including phenoxy) is 1. The summed E-state index contributed by atoms with van der Waals surface area (Å²) < 4.78 is 4.93. The standard InChI is InChI=1S/C19H15ClO4/c1-3-16(22)10-13-4-6-14(7-5-13)19(23)15-8-9-18(17(20)11-15)24-12(2)21/h3-9,11H,1,10H2,2H3. The summed E-state index contributed by atoms with van der Waals surface area (Å²) in [6.07, 6.45) is 1.52. The van der Waals surface area contributed by atoms with Crippen molar-refractivity contribution in [1.29, 1.82) is 0 Å². The first kappa shape index (κ1) is 17.6. The van der Waals surface area contributed by atoms with Crippen molar-refractivity contribution < 1.29 is 19.1 Å². The van der Waals surface area contributed by atoms with Crippen molar-refractivity contribution in [3.8, 4) is 5.75 Å². The lowest BCUT2D eigenvalue weighted by molar-refractivity contribution is -0.131. The Morgan fingerprint density at radius 3 is 2.25 bits per heavy atom. The molecule has 0 atom stereocenters. The average molecular weight is 343 g/mol. The zero-order valence-electron chi connectivity index (χ0n) is 13.0. The Hall–Kier alpha value is -2.72. The fraction of sp³-hybridized carbons (Fsp3) is 0.105. The lowest BCUT2D eigenvalue weighted by Crippen LogP contribution is -2.05. The van der Waals surface area contributed by atoms with Crippen LogP contribution in [0.5, 0.6) is 5.75 Å². The van der Waals surface area contributed by atoms with Crippen LogP contribution >= 0.6 is 11.6 Å². The molecule has 0 radical (unpaired) electrons. The van der Waals surface area contributed by atoms with Crippen molar-refractivity contribution in [2.75, 3.05) is 0 Å². The molecule has 0 saturated heterocycles. The summed E-state index contributed by atoms with van der Waals surface area (Å²) in [6.45, 7) is 4.70. The van der Waals surface area contributed by atoms with Crippen LogP contribution in [0.3, 0.4) is 0 Å². The number of carbonyl (C=O) groups excluding carboxylic acids is 3. The molecule has 4 nitrogen and oxygen atoms in total. The molecule has 0 aliphatic heterocycles. The molecule has 0 spiro atoms. The predicted molar refractivity (Wildman–Crippen MR) is 91.5 cm³/mol. The van der Waals surface area contributed by atoms with E-state index in [9.17, 15) is 14.4 Å². The zero-order chi connectivity index (χ0) is 17.7. The quantitative estimate of drug-likeness (QED) is 0.347. The monoisotopic (exact) mass is 342 g/mol. The lowest BCUT2D eigenvalue weighted by atomic mass is 10.0.